The Morgan fingerprint density at radius 1 is 1.04 bits per heavy atom. The number of hydrogen-bond donors (Lipinski definition) is 0. The fourth-order valence-corrected chi connectivity index (χ4v) is 3.98. The molecule has 3 heterocycles. The van der Waals surface area contributed by atoms with Gasteiger partial charge in [0.1, 0.15) is 11.6 Å². The molecule has 5 rings (SSSR count). The number of benzene rings is 1. The van der Waals surface area contributed by atoms with Crippen LogP contribution in [-0.2, 0) is 12.5 Å². The summed E-state index contributed by atoms with van der Waals surface area (Å²) < 4.78 is 17.4. The summed E-state index contributed by atoms with van der Waals surface area (Å²) in [6, 6.07) is 12.6. The molecule has 6 heteroatoms. The van der Waals surface area contributed by atoms with Crippen molar-refractivity contribution in [2.24, 2.45) is 7.05 Å². The highest BCUT2D eigenvalue weighted by atomic mass is 19.1. The molecule has 0 unspecified atom stereocenters. The molecule has 0 amide bonds. The van der Waals surface area contributed by atoms with E-state index in [4.69, 9.17) is 0 Å². The molecule has 1 aliphatic rings. The molecule has 0 saturated heterocycles. The molecule has 1 saturated carbocycles. The predicted molar refractivity (Wildman–Crippen MR) is 105 cm³/mol. The van der Waals surface area contributed by atoms with Gasteiger partial charge < -0.3 is 4.57 Å². The summed E-state index contributed by atoms with van der Waals surface area (Å²) in [7, 11) is 1.75. The third-order valence-electron chi connectivity index (χ3n) is 5.65. The summed E-state index contributed by atoms with van der Waals surface area (Å²) in [5, 5.41) is 8.78. The van der Waals surface area contributed by atoms with Crippen molar-refractivity contribution in [2.75, 3.05) is 0 Å². The van der Waals surface area contributed by atoms with Crippen LogP contribution in [0.1, 0.15) is 29.8 Å². The molecule has 5 nitrogen and oxygen atoms in total. The molecule has 1 aliphatic carbocycles. The topological polar surface area (TPSA) is 52.2 Å². The van der Waals surface area contributed by atoms with E-state index < -0.39 is 0 Å². The molecule has 140 valence electrons. The maximum absolute atomic E-state index is 13.8. The van der Waals surface area contributed by atoms with Crippen LogP contribution in [-0.4, -0.2) is 19.2 Å². The third kappa shape index (κ3) is 2.48. The van der Waals surface area contributed by atoms with Crippen molar-refractivity contribution in [1.82, 2.24) is 19.2 Å². The molecule has 0 spiro atoms. The Morgan fingerprint density at radius 2 is 1.86 bits per heavy atom. The summed E-state index contributed by atoms with van der Waals surface area (Å²) in [6.07, 6.45) is 5.67. The van der Waals surface area contributed by atoms with Gasteiger partial charge in [-0.1, -0.05) is 12.1 Å². The van der Waals surface area contributed by atoms with Gasteiger partial charge in [0.15, 0.2) is 5.65 Å². The Morgan fingerprint density at radius 3 is 2.57 bits per heavy atom. The molecule has 0 atom stereocenters. The maximum Gasteiger partial charge on any atom is 0.253 e. The molecule has 0 aliphatic heterocycles. The van der Waals surface area contributed by atoms with Crippen LogP contribution in [0.5, 0.6) is 0 Å². The Bertz CT molecular complexity index is 1260. The zero-order valence-corrected chi connectivity index (χ0v) is 15.7. The second-order valence-electron chi connectivity index (χ2n) is 7.59. The summed E-state index contributed by atoms with van der Waals surface area (Å²) in [5.74, 6) is 0.593. The van der Waals surface area contributed by atoms with Gasteiger partial charge in [0.25, 0.3) is 5.56 Å². The van der Waals surface area contributed by atoms with E-state index in [1.165, 1.54) is 6.07 Å². The molecule has 3 aromatic heterocycles. The van der Waals surface area contributed by atoms with Gasteiger partial charge in [-0.15, -0.1) is 10.2 Å². The molecule has 1 aromatic carbocycles. The first-order valence-electron chi connectivity index (χ1n) is 9.27. The number of fused-ring (bicyclic) bond motifs is 1. The van der Waals surface area contributed by atoms with Gasteiger partial charge in [0.05, 0.1) is 5.41 Å². The third-order valence-corrected chi connectivity index (χ3v) is 5.65. The second kappa shape index (κ2) is 5.86. The van der Waals surface area contributed by atoms with Crippen LogP contribution in [0.4, 0.5) is 4.39 Å². The molecule has 0 bridgehead atoms. The largest absolute Gasteiger partial charge is 0.318 e. The lowest BCUT2D eigenvalue weighted by molar-refractivity contribution is 0.620. The van der Waals surface area contributed by atoms with Crippen molar-refractivity contribution in [3.63, 3.8) is 0 Å². The molecule has 4 aromatic rings. The van der Waals surface area contributed by atoms with E-state index in [1.54, 1.807) is 23.7 Å². The zero-order valence-electron chi connectivity index (χ0n) is 15.7. The van der Waals surface area contributed by atoms with Crippen molar-refractivity contribution in [3.05, 3.63) is 88.0 Å². The molecule has 0 N–H and O–H groups in total. The Hall–Kier alpha value is -3.28. The van der Waals surface area contributed by atoms with Crippen molar-refractivity contribution < 1.29 is 4.39 Å². The normalized spacial score (nSPS) is 15.1. The minimum Gasteiger partial charge on any atom is -0.318 e. The standard InChI is InChI=1S/C22H19FN4O/c1-14-10-16(12-26(2)20(14)28)15-6-7-19-24-25-21(27(19)13-15)22(8-9-22)17-4-3-5-18(23)11-17/h3-7,10-13H,8-9H2,1-2H3. The van der Waals surface area contributed by atoms with Crippen LogP contribution >= 0.6 is 0 Å². The first-order valence-corrected chi connectivity index (χ1v) is 9.27. The molecule has 0 radical (unpaired) electrons. The lowest BCUT2D eigenvalue weighted by atomic mass is 9.95. The van der Waals surface area contributed by atoms with E-state index in [0.29, 0.717) is 5.56 Å². The average Bonchev–Trinajstić information content (AvgIpc) is 3.38. The minimum atomic E-state index is -0.292. The Labute approximate surface area is 161 Å². The van der Waals surface area contributed by atoms with Gasteiger partial charge in [0, 0.05) is 25.0 Å². The summed E-state index contributed by atoms with van der Waals surface area (Å²) in [6.45, 7) is 1.82. The number of rotatable bonds is 3. The number of aryl methyl sites for hydroxylation is 2. The number of hydrogen-bond acceptors (Lipinski definition) is 3. The highest BCUT2D eigenvalue weighted by Gasteiger charge is 2.49. The van der Waals surface area contributed by atoms with E-state index >= 15 is 0 Å². The van der Waals surface area contributed by atoms with E-state index in [9.17, 15) is 9.18 Å². The van der Waals surface area contributed by atoms with Gasteiger partial charge >= 0.3 is 0 Å². The predicted octanol–water partition coefficient (Wildman–Crippen LogP) is 3.62. The fourth-order valence-electron chi connectivity index (χ4n) is 3.98. The fraction of sp³-hybridized carbons (Fsp3) is 0.227. The average molecular weight is 374 g/mol. The molecular weight excluding hydrogens is 355 g/mol. The molecular formula is C22H19FN4O. The Balaban J connectivity index is 1.67. The van der Waals surface area contributed by atoms with Crippen LogP contribution in [0.3, 0.4) is 0 Å². The van der Waals surface area contributed by atoms with Gasteiger partial charge in [0.2, 0.25) is 0 Å². The Kier molecular flexibility index (Phi) is 3.53. The van der Waals surface area contributed by atoms with Crippen molar-refractivity contribution in [1.29, 1.82) is 0 Å². The van der Waals surface area contributed by atoms with Crippen molar-refractivity contribution in [2.45, 2.75) is 25.2 Å². The number of halogens is 1. The maximum atomic E-state index is 13.8. The van der Waals surface area contributed by atoms with Crippen molar-refractivity contribution in [3.8, 4) is 11.1 Å². The summed E-state index contributed by atoms with van der Waals surface area (Å²) >= 11 is 0. The lowest BCUT2D eigenvalue weighted by Crippen LogP contribution is -2.18. The van der Waals surface area contributed by atoms with Crippen LogP contribution in [0.15, 0.2) is 59.7 Å². The summed E-state index contributed by atoms with van der Waals surface area (Å²) in [5.41, 5.74) is 4.02. The quantitative estimate of drug-likeness (QED) is 0.550. The number of aromatic nitrogens is 4. The number of nitrogens with zero attached hydrogens (tertiary/aromatic N) is 4. The van der Waals surface area contributed by atoms with Gasteiger partial charge in [-0.25, -0.2) is 4.39 Å². The minimum absolute atomic E-state index is 0.00199. The van der Waals surface area contributed by atoms with E-state index in [2.05, 4.69) is 10.2 Å². The zero-order chi connectivity index (χ0) is 19.5. The van der Waals surface area contributed by atoms with Gasteiger partial charge in [-0.05, 0) is 66.8 Å². The highest BCUT2D eigenvalue weighted by molar-refractivity contribution is 5.65. The first kappa shape index (κ1) is 16.9. The highest BCUT2D eigenvalue weighted by Crippen LogP contribution is 2.52. The summed E-state index contributed by atoms with van der Waals surface area (Å²) in [4.78, 5) is 12.0. The van der Waals surface area contributed by atoms with Crippen LogP contribution in [0, 0.1) is 12.7 Å². The van der Waals surface area contributed by atoms with Gasteiger partial charge in [-0.3, -0.25) is 9.20 Å². The second-order valence-corrected chi connectivity index (χ2v) is 7.59. The van der Waals surface area contributed by atoms with Crippen LogP contribution < -0.4 is 5.56 Å². The monoisotopic (exact) mass is 374 g/mol. The lowest BCUT2D eigenvalue weighted by Gasteiger charge is -2.15. The van der Waals surface area contributed by atoms with Crippen LogP contribution in [0.25, 0.3) is 16.8 Å². The SMILES string of the molecule is Cc1cc(-c2ccc3nnc(C4(c5cccc(F)c5)CC4)n3c2)cn(C)c1=O. The van der Waals surface area contributed by atoms with Crippen molar-refractivity contribution >= 4 is 5.65 Å². The first-order chi connectivity index (χ1) is 13.5. The van der Waals surface area contributed by atoms with Gasteiger partial charge in [-0.2, -0.15) is 0 Å². The van der Waals surface area contributed by atoms with E-state index in [0.717, 1.165) is 41.0 Å². The number of pyridine rings is 2. The van der Waals surface area contributed by atoms with E-state index in [1.807, 2.05) is 48.0 Å². The smallest absolute Gasteiger partial charge is 0.253 e. The molecule has 1 fully saturated rings. The molecule has 28 heavy (non-hydrogen) atoms. The van der Waals surface area contributed by atoms with Crippen LogP contribution in [0.2, 0.25) is 0 Å². The van der Waals surface area contributed by atoms with E-state index in [-0.39, 0.29) is 16.8 Å².